The Hall–Kier alpha value is -0.570. The van der Waals surface area contributed by atoms with Gasteiger partial charge in [0.05, 0.1) is 12.6 Å². The number of hydrogen-bond donors (Lipinski definition) is 2. The zero-order valence-electron chi connectivity index (χ0n) is 10.0. The minimum absolute atomic E-state index is 0.0374. The van der Waals surface area contributed by atoms with Crippen LogP contribution in [-0.4, -0.2) is 23.7 Å². The van der Waals surface area contributed by atoms with Crippen molar-refractivity contribution in [3.63, 3.8) is 0 Å². The van der Waals surface area contributed by atoms with E-state index in [-0.39, 0.29) is 29.9 Å². The Morgan fingerprint density at radius 3 is 2.40 bits per heavy atom. The number of rotatable bonds is 4. The van der Waals surface area contributed by atoms with Gasteiger partial charge in [0.15, 0.2) is 0 Å². The summed E-state index contributed by atoms with van der Waals surface area (Å²) >= 11 is 0. The predicted molar refractivity (Wildman–Crippen MR) is 60.4 cm³/mol. The highest BCUT2D eigenvalue weighted by Crippen LogP contribution is 2.27. The minimum atomic E-state index is -0.0851. The molecule has 0 aromatic heterocycles. The molecule has 1 fully saturated rings. The summed E-state index contributed by atoms with van der Waals surface area (Å²) in [5.41, 5.74) is 0.139. The third-order valence-electron chi connectivity index (χ3n) is 2.90. The molecule has 1 aliphatic carbocycles. The molecule has 0 saturated heterocycles. The summed E-state index contributed by atoms with van der Waals surface area (Å²) in [6.45, 7) is 6.39. The number of carbonyl (C=O) groups is 1. The first-order chi connectivity index (χ1) is 6.92. The molecule has 0 spiro atoms. The first kappa shape index (κ1) is 12.5. The second-order valence-corrected chi connectivity index (χ2v) is 5.78. The minimum Gasteiger partial charge on any atom is -0.394 e. The quantitative estimate of drug-likeness (QED) is 0.746. The Labute approximate surface area is 92.3 Å². The van der Waals surface area contributed by atoms with Gasteiger partial charge >= 0.3 is 0 Å². The normalized spacial score (nSPS) is 19.5. The lowest BCUT2D eigenvalue weighted by Crippen LogP contribution is -2.44. The zero-order chi connectivity index (χ0) is 11.5. The first-order valence-corrected chi connectivity index (χ1v) is 5.83. The van der Waals surface area contributed by atoms with Crippen molar-refractivity contribution in [1.82, 2.24) is 5.32 Å². The van der Waals surface area contributed by atoms with Crippen LogP contribution in [0.2, 0.25) is 0 Å². The Balaban J connectivity index is 2.35. The number of aliphatic hydroxyl groups excluding tert-OH is 1. The van der Waals surface area contributed by atoms with E-state index in [4.69, 9.17) is 0 Å². The van der Waals surface area contributed by atoms with E-state index in [1.807, 2.05) is 0 Å². The fourth-order valence-electron chi connectivity index (χ4n) is 1.89. The van der Waals surface area contributed by atoms with Crippen molar-refractivity contribution in [2.45, 2.75) is 52.5 Å². The molecule has 15 heavy (non-hydrogen) atoms. The molecule has 0 aromatic rings. The molecule has 1 rings (SSSR count). The summed E-state index contributed by atoms with van der Waals surface area (Å²) in [7, 11) is 0. The van der Waals surface area contributed by atoms with Crippen LogP contribution < -0.4 is 5.32 Å². The van der Waals surface area contributed by atoms with Gasteiger partial charge in [-0.3, -0.25) is 4.79 Å². The molecule has 1 aliphatic rings. The molecule has 88 valence electrons. The van der Waals surface area contributed by atoms with Crippen LogP contribution in [0.1, 0.15) is 46.5 Å². The van der Waals surface area contributed by atoms with E-state index in [0.29, 0.717) is 0 Å². The number of amides is 1. The van der Waals surface area contributed by atoms with Crippen LogP contribution in [0.5, 0.6) is 0 Å². The molecule has 0 radical (unpaired) electrons. The zero-order valence-corrected chi connectivity index (χ0v) is 10.0. The average molecular weight is 213 g/mol. The third kappa shape index (κ3) is 4.20. The lowest BCUT2D eigenvalue weighted by Gasteiger charge is -2.29. The van der Waals surface area contributed by atoms with Crippen molar-refractivity contribution in [1.29, 1.82) is 0 Å². The number of nitrogens with one attached hydrogen (secondary N) is 1. The first-order valence-electron chi connectivity index (χ1n) is 5.83. The molecule has 0 aliphatic heterocycles. The van der Waals surface area contributed by atoms with Gasteiger partial charge in [0.2, 0.25) is 5.91 Å². The van der Waals surface area contributed by atoms with Gasteiger partial charge in [-0.25, -0.2) is 0 Å². The maximum Gasteiger partial charge on any atom is 0.223 e. The summed E-state index contributed by atoms with van der Waals surface area (Å²) in [5.74, 6) is 0.337. The predicted octanol–water partition coefficient (Wildman–Crippen LogP) is 1.70. The maximum absolute atomic E-state index is 11.7. The van der Waals surface area contributed by atoms with E-state index in [1.54, 1.807) is 0 Å². The molecule has 1 saturated carbocycles. The topological polar surface area (TPSA) is 49.3 Å². The van der Waals surface area contributed by atoms with E-state index in [1.165, 1.54) is 6.42 Å². The van der Waals surface area contributed by atoms with Crippen molar-refractivity contribution in [3.05, 3.63) is 0 Å². The van der Waals surface area contributed by atoms with Gasteiger partial charge < -0.3 is 10.4 Å². The molecule has 3 heteroatoms. The van der Waals surface area contributed by atoms with Gasteiger partial charge in [-0.15, -0.1) is 0 Å². The second kappa shape index (κ2) is 4.97. The van der Waals surface area contributed by atoms with Crippen LogP contribution in [0.25, 0.3) is 0 Å². The van der Waals surface area contributed by atoms with Crippen molar-refractivity contribution in [3.8, 4) is 0 Å². The summed E-state index contributed by atoms with van der Waals surface area (Å²) in [5, 5.41) is 12.1. The smallest absolute Gasteiger partial charge is 0.223 e. The van der Waals surface area contributed by atoms with Gasteiger partial charge in [0, 0.05) is 5.92 Å². The summed E-state index contributed by atoms with van der Waals surface area (Å²) in [6.07, 6.45) is 4.02. The fourth-order valence-corrected chi connectivity index (χ4v) is 1.89. The molecule has 1 amide bonds. The van der Waals surface area contributed by atoms with E-state index in [0.717, 1.165) is 19.3 Å². The molecule has 3 nitrogen and oxygen atoms in total. The van der Waals surface area contributed by atoms with E-state index in [9.17, 15) is 9.90 Å². The van der Waals surface area contributed by atoms with Crippen LogP contribution in [0, 0.1) is 11.3 Å². The van der Waals surface area contributed by atoms with Crippen molar-refractivity contribution >= 4 is 5.91 Å². The largest absolute Gasteiger partial charge is 0.394 e. The fraction of sp³-hybridized carbons (Fsp3) is 0.917. The monoisotopic (exact) mass is 213 g/mol. The molecular formula is C12H23NO2. The number of aliphatic hydroxyl groups is 1. The Morgan fingerprint density at radius 1 is 1.47 bits per heavy atom. The van der Waals surface area contributed by atoms with Gasteiger partial charge in [0.25, 0.3) is 0 Å². The molecule has 0 bridgehead atoms. The van der Waals surface area contributed by atoms with Crippen molar-refractivity contribution < 1.29 is 9.90 Å². The van der Waals surface area contributed by atoms with Gasteiger partial charge in [-0.2, -0.15) is 0 Å². The number of carbonyl (C=O) groups excluding carboxylic acids is 1. The third-order valence-corrected chi connectivity index (χ3v) is 2.90. The van der Waals surface area contributed by atoms with Crippen LogP contribution in [0.4, 0.5) is 0 Å². The maximum atomic E-state index is 11.7. The van der Waals surface area contributed by atoms with Gasteiger partial charge in [0.1, 0.15) is 0 Å². The van der Waals surface area contributed by atoms with Gasteiger partial charge in [-0.05, 0) is 24.7 Å². The molecule has 0 heterocycles. The highest BCUT2D eigenvalue weighted by atomic mass is 16.3. The molecule has 0 aromatic carbocycles. The van der Waals surface area contributed by atoms with Crippen molar-refractivity contribution in [2.75, 3.05) is 6.61 Å². The van der Waals surface area contributed by atoms with Crippen LogP contribution in [-0.2, 0) is 4.79 Å². The Morgan fingerprint density at radius 2 is 2.07 bits per heavy atom. The van der Waals surface area contributed by atoms with Crippen LogP contribution in [0.3, 0.4) is 0 Å². The lowest BCUT2D eigenvalue weighted by molar-refractivity contribution is -0.128. The van der Waals surface area contributed by atoms with Gasteiger partial charge in [-0.1, -0.05) is 27.2 Å². The second-order valence-electron chi connectivity index (χ2n) is 5.78. The molecule has 1 atom stereocenters. The number of hydrogen-bond acceptors (Lipinski definition) is 2. The van der Waals surface area contributed by atoms with Crippen molar-refractivity contribution in [2.24, 2.45) is 11.3 Å². The van der Waals surface area contributed by atoms with Crippen LogP contribution in [0.15, 0.2) is 0 Å². The Kier molecular flexibility index (Phi) is 4.14. The average Bonchev–Trinajstić information content (AvgIpc) is 1.96. The summed E-state index contributed by atoms with van der Waals surface area (Å²) in [4.78, 5) is 11.7. The molecule has 2 N–H and O–H groups in total. The highest BCUT2D eigenvalue weighted by molar-refractivity contribution is 5.79. The SMILES string of the molecule is CC(C)(C)CC(CO)NC(=O)C1CCC1. The van der Waals surface area contributed by atoms with Crippen LogP contribution >= 0.6 is 0 Å². The lowest BCUT2D eigenvalue weighted by atomic mass is 9.83. The van der Waals surface area contributed by atoms with E-state index >= 15 is 0 Å². The molecule has 1 unspecified atom stereocenters. The summed E-state index contributed by atoms with van der Waals surface area (Å²) in [6, 6.07) is -0.0851. The summed E-state index contributed by atoms with van der Waals surface area (Å²) < 4.78 is 0. The van der Waals surface area contributed by atoms with E-state index in [2.05, 4.69) is 26.1 Å². The highest BCUT2D eigenvalue weighted by Gasteiger charge is 2.28. The molecular weight excluding hydrogens is 190 g/mol. The standard InChI is InChI=1S/C12H23NO2/c1-12(2,3)7-10(8-14)13-11(15)9-5-4-6-9/h9-10,14H,4-8H2,1-3H3,(H,13,15). The van der Waals surface area contributed by atoms with E-state index < -0.39 is 0 Å². The Bertz CT molecular complexity index is 216.